The summed E-state index contributed by atoms with van der Waals surface area (Å²) in [5.74, 6) is 0. The summed E-state index contributed by atoms with van der Waals surface area (Å²) in [7, 11) is 0. The van der Waals surface area contributed by atoms with Gasteiger partial charge in [0.05, 0.1) is 18.3 Å². The Bertz CT molecular complexity index is 710. The Morgan fingerprint density at radius 3 is 2.77 bits per heavy atom. The minimum absolute atomic E-state index is 0.107. The minimum atomic E-state index is -0.414. The number of hydrazone groups is 1. The molecule has 1 aliphatic heterocycles. The number of hydrogen-bond acceptors (Lipinski definition) is 4. The highest BCUT2D eigenvalue weighted by molar-refractivity contribution is 5.84. The van der Waals surface area contributed by atoms with Crippen LogP contribution in [-0.2, 0) is 6.54 Å². The van der Waals surface area contributed by atoms with Crippen molar-refractivity contribution in [1.82, 2.24) is 14.8 Å². The fraction of sp³-hybridized carbons (Fsp3) is 0.353. The molecule has 0 saturated heterocycles. The van der Waals surface area contributed by atoms with E-state index in [1.54, 1.807) is 6.20 Å². The molecule has 5 heteroatoms. The van der Waals surface area contributed by atoms with E-state index in [9.17, 15) is 5.26 Å². The predicted molar refractivity (Wildman–Crippen MR) is 85.0 cm³/mol. The SMILES string of the molecule is CCn1cc(C(C#N)N2N=C(C)CC2c2ccccc2)cn1. The van der Waals surface area contributed by atoms with Gasteiger partial charge in [0.15, 0.2) is 6.04 Å². The van der Waals surface area contributed by atoms with Gasteiger partial charge >= 0.3 is 0 Å². The van der Waals surface area contributed by atoms with Crippen molar-refractivity contribution in [3.05, 3.63) is 53.9 Å². The van der Waals surface area contributed by atoms with Gasteiger partial charge in [-0.05, 0) is 19.4 Å². The highest BCUT2D eigenvalue weighted by atomic mass is 15.5. The first-order chi connectivity index (χ1) is 10.7. The monoisotopic (exact) mass is 293 g/mol. The Morgan fingerprint density at radius 2 is 2.14 bits per heavy atom. The van der Waals surface area contributed by atoms with E-state index >= 15 is 0 Å². The standard InChI is InChI=1S/C17H19N5/c1-3-21-12-15(11-19-21)17(10-18)22-16(9-13(2)20-22)14-7-5-4-6-8-14/h4-8,11-12,16-17H,3,9H2,1-2H3. The fourth-order valence-corrected chi connectivity index (χ4v) is 2.84. The number of aromatic nitrogens is 2. The van der Waals surface area contributed by atoms with Gasteiger partial charge in [-0.2, -0.15) is 15.5 Å². The zero-order chi connectivity index (χ0) is 15.5. The normalized spacial score (nSPS) is 18.9. The van der Waals surface area contributed by atoms with E-state index in [1.165, 1.54) is 5.56 Å². The summed E-state index contributed by atoms with van der Waals surface area (Å²) >= 11 is 0. The quantitative estimate of drug-likeness (QED) is 0.869. The third-order valence-corrected chi connectivity index (χ3v) is 3.96. The Labute approximate surface area is 130 Å². The summed E-state index contributed by atoms with van der Waals surface area (Å²) in [6.07, 6.45) is 4.55. The highest BCUT2D eigenvalue weighted by Crippen LogP contribution is 2.37. The second kappa shape index (κ2) is 6.02. The molecule has 2 atom stereocenters. The number of hydrogen-bond donors (Lipinski definition) is 0. The predicted octanol–water partition coefficient (Wildman–Crippen LogP) is 3.29. The lowest BCUT2D eigenvalue weighted by molar-refractivity contribution is 0.196. The molecule has 1 aromatic carbocycles. The van der Waals surface area contributed by atoms with E-state index in [0.29, 0.717) is 0 Å². The molecule has 112 valence electrons. The molecule has 2 heterocycles. The van der Waals surface area contributed by atoms with E-state index in [0.717, 1.165) is 24.2 Å². The molecule has 0 bridgehead atoms. The summed E-state index contributed by atoms with van der Waals surface area (Å²) in [6, 6.07) is 12.3. The van der Waals surface area contributed by atoms with E-state index in [2.05, 4.69) is 28.4 Å². The van der Waals surface area contributed by atoms with E-state index < -0.39 is 6.04 Å². The average Bonchev–Trinajstić information content (AvgIpc) is 3.16. The lowest BCUT2D eigenvalue weighted by Crippen LogP contribution is -2.24. The summed E-state index contributed by atoms with van der Waals surface area (Å²) in [4.78, 5) is 0. The maximum atomic E-state index is 9.67. The van der Waals surface area contributed by atoms with Crippen LogP contribution in [0.1, 0.15) is 43.5 Å². The van der Waals surface area contributed by atoms with Crippen molar-refractivity contribution in [2.75, 3.05) is 0 Å². The molecule has 2 aromatic rings. The number of benzene rings is 1. The number of rotatable bonds is 4. The molecule has 0 saturated carbocycles. The van der Waals surface area contributed by atoms with Crippen molar-refractivity contribution >= 4 is 5.71 Å². The minimum Gasteiger partial charge on any atom is -0.273 e. The third kappa shape index (κ3) is 2.60. The smallest absolute Gasteiger partial charge is 0.162 e. The van der Waals surface area contributed by atoms with Crippen LogP contribution in [0.2, 0.25) is 0 Å². The van der Waals surface area contributed by atoms with Crippen LogP contribution in [0.25, 0.3) is 0 Å². The van der Waals surface area contributed by atoms with Gasteiger partial charge in [0, 0.05) is 30.4 Å². The van der Waals surface area contributed by atoms with Gasteiger partial charge in [0.1, 0.15) is 0 Å². The van der Waals surface area contributed by atoms with Gasteiger partial charge in [-0.15, -0.1) is 0 Å². The molecule has 1 aromatic heterocycles. The van der Waals surface area contributed by atoms with Crippen LogP contribution in [0.5, 0.6) is 0 Å². The number of nitriles is 1. The van der Waals surface area contributed by atoms with Crippen LogP contribution < -0.4 is 0 Å². The third-order valence-electron chi connectivity index (χ3n) is 3.96. The first-order valence-corrected chi connectivity index (χ1v) is 7.52. The molecule has 0 radical (unpaired) electrons. The molecular weight excluding hydrogens is 274 g/mol. The first kappa shape index (κ1) is 14.3. The first-order valence-electron chi connectivity index (χ1n) is 7.52. The van der Waals surface area contributed by atoms with Crippen LogP contribution in [0.4, 0.5) is 0 Å². The molecular formula is C17H19N5. The molecule has 0 amide bonds. The van der Waals surface area contributed by atoms with Crippen LogP contribution in [-0.4, -0.2) is 20.5 Å². The Morgan fingerprint density at radius 1 is 1.36 bits per heavy atom. The van der Waals surface area contributed by atoms with Gasteiger partial charge in [0.2, 0.25) is 0 Å². The van der Waals surface area contributed by atoms with Crippen LogP contribution in [0.15, 0.2) is 47.8 Å². The van der Waals surface area contributed by atoms with Gasteiger partial charge in [-0.25, -0.2) is 0 Å². The van der Waals surface area contributed by atoms with Gasteiger partial charge in [0.25, 0.3) is 0 Å². The van der Waals surface area contributed by atoms with Gasteiger partial charge in [-0.1, -0.05) is 30.3 Å². The number of nitrogens with zero attached hydrogens (tertiary/aromatic N) is 5. The molecule has 22 heavy (non-hydrogen) atoms. The Balaban J connectivity index is 1.94. The van der Waals surface area contributed by atoms with Crippen molar-refractivity contribution in [1.29, 1.82) is 5.26 Å². The zero-order valence-corrected chi connectivity index (χ0v) is 12.8. The average molecular weight is 293 g/mol. The second-order valence-electron chi connectivity index (χ2n) is 5.51. The summed E-state index contributed by atoms with van der Waals surface area (Å²) in [5, 5.41) is 20.5. The van der Waals surface area contributed by atoms with E-state index in [1.807, 2.05) is 47.9 Å². The second-order valence-corrected chi connectivity index (χ2v) is 5.51. The number of aryl methyl sites for hydroxylation is 1. The Kier molecular flexibility index (Phi) is 3.92. The maximum absolute atomic E-state index is 9.67. The lowest BCUT2D eigenvalue weighted by atomic mass is 10.0. The topological polar surface area (TPSA) is 57.2 Å². The summed E-state index contributed by atoms with van der Waals surface area (Å²) < 4.78 is 1.84. The van der Waals surface area contributed by atoms with Crippen molar-refractivity contribution in [2.45, 2.75) is 38.9 Å². The van der Waals surface area contributed by atoms with E-state index in [4.69, 9.17) is 0 Å². The van der Waals surface area contributed by atoms with Crippen molar-refractivity contribution < 1.29 is 0 Å². The van der Waals surface area contributed by atoms with Crippen LogP contribution >= 0.6 is 0 Å². The van der Waals surface area contributed by atoms with Gasteiger partial charge in [-0.3, -0.25) is 9.69 Å². The summed E-state index contributed by atoms with van der Waals surface area (Å²) in [6.45, 7) is 4.84. The van der Waals surface area contributed by atoms with Crippen molar-refractivity contribution in [3.8, 4) is 6.07 Å². The Hall–Kier alpha value is -2.61. The lowest BCUT2D eigenvalue weighted by Gasteiger charge is -2.27. The molecule has 5 nitrogen and oxygen atoms in total. The molecule has 3 rings (SSSR count). The molecule has 0 spiro atoms. The highest BCUT2D eigenvalue weighted by Gasteiger charge is 2.33. The summed E-state index contributed by atoms with van der Waals surface area (Å²) in [5.41, 5.74) is 3.13. The largest absolute Gasteiger partial charge is 0.273 e. The molecule has 1 aliphatic rings. The van der Waals surface area contributed by atoms with Crippen molar-refractivity contribution in [3.63, 3.8) is 0 Å². The molecule has 0 N–H and O–H groups in total. The molecule has 0 aliphatic carbocycles. The van der Waals surface area contributed by atoms with Gasteiger partial charge < -0.3 is 0 Å². The maximum Gasteiger partial charge on any atom is 0.162 e. The van der Waals surface area contributed by atoms with E-state index in [-0.39, 0.29) is 6.04 Å². The fourth-order valence-electron chi connectivity index (χ4n) is 2.84. The molecule has 0 fully saturated rings. The van der Waals surface area contributed by atoms with Crippen LogP contribution in [0, 0.1) is 11.3 Å². The zero-order valence-electron chi connectivity index (χ0n) is 12.8. The van der Waals surface area contributed by atoms with Crippen LogP contribution in [0.3, 0.4) is 0 Å². The molecule has 2 unspecified atom stereocenters. The van der Waals surface area contributed by atoms with Crippen molar-refractivity contribution in [2.24, 2.45) is 5.10 Å².